The maximum Gasteiger partial charge on any atom is 0.152 e. The van der Waals surface area contributed by atoms with Crippen LogP contribution < -0.4 is 0 Å². The first-order valence-electron chi connectivity index (χ1n) is 4.13. The van der Waals surface area contributed by atoms with Crippen LogP contribution in [0, 0.1) is 0 Å². The molecular formula is C12H12O. The lowest BCUT2D eigenvalue weighted by Gasteiger charge is -1.94. The average molecular weight is 172 g/mol. The van der Waals surface area contributed by atoms with Gasteiger partial charge in [0, 0.05) is 0 Å². The first kappa shape index (κ1) is 9.46. The highest BCUT2D eigenvalue weighted by molar-refractivity contribution is 5.91. The SMILES string of the molecule is C=Cc1ccc(/C=C/C(C)=O)cc1. The van der Waals surface area contributed by atoms with Gasteiger partial charge in [-0.05, 0) is 24.1 Å². The van der Waals surface area contributed by atoms with Crippen molar-refractivity contribution in [3.8, 4) is 0 Å². The fourth-order valence-corrected chi connectivity index (χ4v) is 0.957. The second kappa shape index (κ2) is 4.41. The molecule has 0 aromatic heterocycles. The summed E-state index contributed by atoms with van der Waals surface area (Å²) in [5, 5.41) is 0. The molecule has 0 fully saturated rings. The zero-order valence-corrected chi connectivity index (χ0v) is 7.66. The van der Waals surface area contributed by atoms with Crippen molar-refractivity contribution in [1.29, 1.82) is 0 Å². The van der Waals surface area contributed by atoms with E-state index in [1.807, 2.05) is 24.3 Å². The molecule has 1 heteroatoms. The smallest absolute Gasteiger partial charge is 0.152 e. The summed E-state index contributed by atoms with van der Waals surface area (Å²) in [6.07, 6.45) is 5.15. The van der Waals surface area contributed by atoms with Gasteiger partial charge in [0.1, 0.15) is 0 Å². The molecule has 0 aliphatic carbocycles. The molecule has 13 heavy (non-hydrogen) atoms. The number of hydrogen-bond acceptors (Lipinski definition) is 1. The van der Waals surface area contributed by atoms with Crippen molar-refractivity contribution in [2.24, 2.45) is 0 Å². The summed E-state index contributed by atoms with van der Waals surface area (Å²) >= 11 is 0. The van der Waals surface area contributed by atoms with Gasteiger partial charge in [-0.3, -0.25) is 4.79 Å². The van der Waals surface area contributed by atoms with E-state index in [0.717, 1.165) is 11.1 Å². The van der Waals surface area contributed by atoms with Crippen LogP contribution in [0.2, 0.25) is 0 Å². The zero-order valence-electron chi connectivity index (χ0n) is 7.66. The number of ketones is 1. The Morgan fingerprint density at radius 2 is 1.77 bits per heavy atom. The summed E-state index contributed by atoms with van der Waals surface area (Å²) in [7, 11) is 0. The van der Waals surface area contributed by atoms with E-state index < -0.39 is 0 Å². The predicted octanol–water partition coefficient (Wildman–Crippen LogP) is 2.93. The van der Waals surface area contributed by atoms with Gasteiger partial charge in [-0.1, -0.05) is 43.0 Å². The van der Waals surface area contributed by atoms with Gasteiger partial charge in [0.2, 0.25) is 0 Å². The molecule has 0 atom stereocenters. The Kier molecular flexibility index (Phi) is 3.21. The summed E-state index contributed by atoms with van der Waals surface area (Å²) < 4.78 is 0. The van der Waals surface area contributed by atoms with E-state index in [2.05, 4.69) is 6.58 Å². The van der Waals surface area contributed by atoms with Gasteiger partial charge in [-0.25, -0.2) is 0 Å². The van der Waals surface area contributed by atoms with Crippen molar-refractivity contribution in [2.75, 3.05) is 0 Å². The maximum atomic E-state index is 10.6. The molecule has 0 unspecified atom stereocenters. The Morgan fingerprint density at radius 3 is 2.23 bits per heavy atom. The summed E-state index contributed by atoms with van der Waals surface area (Å²) in [6, 6.07) is 7.84. The highest BCUT2D eigenvalue weighted by atomic mass is 16.1. The van der Waals surface area contributed by atoms with Gasteiger partial charge < -0.3 is 0 Å². The lowest BCUT2D eigenvalue weighted by atomic mass is 10.1. The molecule has 0 N–H and O–H groups in total. The van der Waals surface area contributed by atoms with E-state index in [9.17, 15) is 4.79 Å². The van der Waals surface area contributed by atoms with Gasteiger partial charge in [0.05, 0.1) is 0 Å². The van der Waals surface area contributed by atoms with E-state index in [-0.39, 0.29) is 5.78 Å². The van der Waals surface area contributed by atoms with Crippen LogP contribution in [0.3, 0.4) is 0 Å². The third kappa shape index (κ3) is 3.08. The molecule has 1 aromatic rings. The van der Waals surface area contributed by atoms with Crippen LogP contribution in [0.5, 0.6) is 0 Å². The van der Waals surface area contributed by atoms with E-state index >= 15 is 0 Å². The van der Waals surface area contributed by atoms with Crippen LogP contribution in [0.1, 0.15) is 18.1 Å². The maximum absolute atomic E-state index is 10.6. The fourth-order valence-electron chi connectivity index (χ4n) is 0.957. The molecule has 66 valence electrons. The van der Waals surface area contributed by atoms with Gasteiger partial charge in [-0.15, -0.1) is 0 Å². The molecule has 1 nitrogen and oxygen atoms in total. The Bertz CT molecular complexity index is 331. The Hall–Kier alpha value is -1.63. The quantitative estimate of drug-likeness (QED) is 0.641. The highest BCUT2D eigenvalue weighted by Crippen LogP contribution is 2.06. The van der Waals surface area contributed by atoms with Crippen molar-refractivity contribution >= 4 is 17.9 Å². The normalized spacial score (nSPS) is 10.2. The number of benzene rings is 1. The third-order valence-corrected chi connectivity index (χ3v) is 1.68. The molecule has 0 spiro atoms. The number of carbonyl (C=O) groups excluding carboxylic acids is 1. The van der Waals surface area contributed by atoms with E-state index in [1.54, 1.807) is 18.2 Å². The number of carbonyl (C=O) groups is 1. The standard InChI is InChI=1S/C12H12O/c1-3-11-6-8-12(9-7-11)5-4-10(2)13/h3-9H,1H2,2H3/b5-4+. The second-order valence-electron chi connectivity index (χ2n) is 2.81. The van der Waals surface area contributed by atoms with Crippen LogP contribution in [0.4, 0.5) is 0 Å². The van der Waals surface area contributed by atoms with Crippen LogP contribution in [-0.4, -0.2) is 5.78 Å². The molecule has 0 amide bonds. The van der Waals surface area contributed by atoms with Crippen molar-refractivity contribution in [2.45, 2.75) is 6.92 Å². The Labute approximate surface area is 78.4 Å². The van der Waals surface area contributed by atoms with Crippen molar-refractivity contribution < 1.29 is 4.79 Å². The van der Waals surface area contributed by atoms with Gasteiger partial charge in [0.25, 0.3) is 0 Å². The van der Waals surface area contributed by atoms with Crippen LogP contribution in [0.15, 0.2) is 36.9 Å². The zero-order chi connectivity index (χ0) is 9.68. The largest absolute Gasteiger partial charge is 0.295 e. The van der Waals surface area contributed by atoms with Gasteiger partial charge >= 0.3 is 0 Å². The third-order valence-electron chi connectivity index (χ3n) is 1.68. The lowest BCUT2D eigenvalue weighted by molar-refractivity contribution is -0.112. The summed E-state index contributed by atoms with van der Waals surface area (Å²) in [4.78, 5) is 10.6. The second-order valence-corrected chi connectivity index (χ2v) is 2.81. The molecule has 0 aliphatic rings. The topological polar surface area (TPSA) is 17.1 Å². The van der Waals surface area contributed by atoms with Crippen LogP contribution in [0.25, 0.3) is 12.2 Å². The number of allylic oxidation sites excluding steroid dienone is 1. The molecule has 1 rings (SSSR count). The number of rotatable bonds is 3. The van der Waals surface area contributed by atoms with E-state index in [0.29, 0.717) is 0 Å². The highest BCUT2D eigenvalue weighted by Gasteiger charge is 1.88. The van der Waals surface area contributed by atoms with E-state index in [4.69, 9.17) is 0 Å². The van der Waals surface area contributed by atoms with Crippen LogP contribution >= 0.6 is 0 Å². The van der Waals surface area contributed by atoms with Gasteiger partial charge in [-0.2, -0.15) is 0 Å². The minimum absolute atomic E-state index is 0.0628. The Balaban J connectivity index is 2.80. The fraction of sp³-hybridized carbons (Fsp3) is 0.0833. The molecule has 0 bridgehead atoms. The molecule has 0 aliphatic heterocycles. The molecule has 0 radical (unpaired) electrons. The molecular weight excluding hydrogens is 160 g/mol. The first-order chi connectivity index (χ1) is 6.22. The minimum Gasteiger partial charge on any atom is -0.295 e. The summed E-state index contributed by atoms with van der Waals surface area (Å²) in [5.74, 6) is 0.0628. The van der Waals surface area contributed by atoms with Gasteiger partial charge in [0.15, 0.2) is 5.78 Å². The number of hydrogen-bond donors (Lipinski definition) is 0. The summed E-state index contributed by atoms with van der Waals surface area (Å²) in [6.45, 7) is 5.20. The average Bonchev–Trinajstić information content (AvgIpc) is 2.15. The summed E-state index contributed by atoms with van der Waals surface area (Å²) in [5.41, 5.74) is 2.11. The monoisotopic (exact) mass is 172 g/mol. The van der Waals surface area contributed by atoms with Crippen molar-refractivity contribution in [1.82, 2.24) is 0 Å². The van der Waals surface area contributed by atoms with Crippen LogP contribution in [-0.2, 0) is 4.79 Å². The van der Waals surface area contributed by atoms with Crippen molar-refractivity contribution in [3.63, 3.8) is 0 Å². The Morgan fingerprint density at radius 1 is 1.23 bits per heavy atom. The minimum atomic E-state index is 0.0628. The van der Waals surface area contributed by atoms with Crippen molar-refractivity contribution in [3.05, 3.63) is 48.0 Å². The molecule has 0 saturated heterocycles. The molecule has 0 heterocycles. The first-order valence-corrected chi connectivity index (χ1v) is 4.13. The molecule has 1 aromatic carbocycles. The lowest BCUT2D eigenvalue weighted by Crippen LogP contribution is -1.80. The predicted molar refractivity (Wildman–Crippen MR) is 56.2 cm³/mol. The van der Waals surface area contributed by atoms with E-state index in [1.165, 1.54) is 6.92 Å². The molecule has 0 saturated carbocycles.